The lowest BCUT2D eigenvalue weighted by Crippen LogP contribution is -2.32. The number of carbonyl (C=O) groups is 2. The molecule has 5 nitrogen and oxygen atoms in total. The number of ether oxygens (including phenoxy) is 2. The normalized spacial score (nSPS) is 11.7. The second-order valence-corrected chi connectivity index (χ2v) is 4.02. The fraction of sp³-hybridized carbons (Fsp3) is 0.385. The van der Waals surface area contributed by atoms with Gasteiger partial charge in [0.1, 0.15) is 5.75 Å². The summed E-state index contributed by atoms with van der Waals surface area (Å²) in [6.07, 6.45) is -0.945. The number of amides is 1. The predicted octanol–water partition coefficient (Wildman–Crippen LogP) is 1.10. The maximum Gasteiger partial charge on any atom is 0.344 e. The highest BCUT2D eigenvalue weighted by atomic mass is 16.6. The van der Waals surface area contributed by atoms with E-state index in [9.17, 15) is 9.59 Å². The number of benzene rings is 1. The highest BCUT2D eigenvalue weighted by Gasteiger charge is 2.15. The maximum atomic E-state index is 11.4. The van der Waals surface area contributed by atoms with Gasteiger partial charge in [-0.05, 0) is 38.0 Å². The fourth-order valence-corrected chi connectivity index (χ4v) is 1.31. The molecule has 5 heteroatoms. The maximum absolute atomic E-state index is 11.4. The molecule has 1 aromatic rings. The van der Waals surface area contributed by atoms with Crippen LogP contribution in [-0.4, -0.2) is 24.6 Å². The van der Waals surface area contributed by atoms with Crippen LogP contribution >= 0.6 is 0 Å². The van der Waals surface area contributed by atoms with Gasteiger partial charge in [0, 0.05) is 0 Å². The Labute approximate surface area is 106 Å². The van der Waals surface area contributed by atoms with Gasteiger partial charge in [0.2, 0.25) is 0 Å². The molecule has 1 rings (SSSR count). The zero-order chi connectivity index (χ0) is 13.7. The number of primary amides is 1. The Morgan fingerprint density at radius 3 is 2.61 bits per heavy atom. The molecule has 0 saturated heterocycles. The zero-order valence-electron chi connectivity index (χ0n) is 10.7. The van der Waals surface area contributed by atoms with E-state index < -0.39 is 18.0 Å². The first-order valence-electron chi connectivity index (χ1n) is 5.59. The van der Waals surface area contributed by atoms with Gasteiger partial charge >= 0.3 is 5.97 Å². The number of aryl methyl sites for hydroxylation is 1. The van der Waals surface area contributed by atoms with Crippen LogP contribution in [0.15, 0.2) is 18.2 Å². The molecule has 1 amide bonds. The molecular formula is C13H17NO4. The third-order valence-electron chi connectivity index (χ3n) is 2.61. The Morgan fingerprint density at radius 1 is 1.33 bits per heavy atom. The molecule has 1 atom stereocenters. The molecule has 0 aliphatic carbocycles. The number of nitrogens with two attached hydrogens (primary N) is 1. The van der Waals surface area contributed by atoms with Gasteiger partial charge in [-0.2, -0.15) is 0 Å². The van der Waals surface area contributed by atoms with Gasteiger partial charge in [-0.25, -0.2) is 4.79 Å². The lowest BCUT2D eigenvalue weighted by Gasteiger charge is -2.12. The van der Waals surface area contributed by atoms with Crippen LogP contribution in [0.2, 0.25) is 0 Å². The second-order valence-electron chi connectivity index (χ2n) is 4.02. The van der Waals surface area contributed by atoms with E-state index in [2.05, 4.69) is 0 Å². The van der Waals surface area contributed by atoms with Crippen LogP contribution in [0.5, 0.6) is 5.75 Å². The van der Waals surface area contributed by atoms with E-state index in [0.717, 1.165) is 11.1 Å². The first-order chi connectivity index (χ1) is 8.41. The molecule has 0 aliphatic rings. The van der Waals surface area contributed by atoms with Crippen LogP contribution < -0.4 is 10.5 Å². The highest BCUT2D eigenvalue weighted by molar-refractivity contribution is 5.82. The fourth-order valence-electron chi connectivity index (χ4n) is 1.31. The molecule has 2 N–H and O–H groups in total. The molecule has 0 spiro atoms. The Kier molecular flexibility index (Phi) is 4.71. The van der Waals surface area contributed by atoms with E-state index in [1.807, 2.05) is 26.0 Å². The van der Waals surface area contributed by atoms with E-state index in [1.165, 1.54) is 6.92 Å². The van der Waals surface area contributed by atoms with Crippen LogP contribution in [0.4, 0.5) is 0 Å². The van der Waals surface area contributed by atoms with Gasteiger partial charge in [-0.3, -0.25) is 4.79 Å². The summed E-state index contributed by atoms with van der Waals surface area (Å²) in [7, 11) is 0. The minimum absolute atomic E-state index is 0.248. The summed E-state index contributed by atoms with van der Waals surface area (Å²) >= 11 is 0. The van der Waals surface area contributed by atoms with E-state index in [1.54, 1.807) is 6.07 Å². The Morgan fingerprint density at radius 2 is 2.00 bits per heavy atom. The number of carbonyl (C=O) groups excluding carboxylic acids is 2. The summed E-state index contributed by atoms with van der Waals surface area (Å²) in [6.45, 7) is 5.03. The first kappa shape index (κ1) is 14.0. The minimum atomic E-state index is -0.945. The summed E-state index contributed by atoms with van der Waals surface area (Å²) in [5, 5.41) is 0. The monoisotopic (exact) mass is 251 g/mol. The van der Waals surface area contributed by atoms with Crippen molar-refractivity contribution in [3.8, 4) is 5.75 Å². The molecule has 0 unspecified atom stereocenters. The molecule has 1 aromatic carbocycles. The molecule has 0 fully saturated rings. The summed E-state index contributed by atoms with van der Waals surface area (Å²) in [5.74, 6) is -0.684. The summed E-state index contributed by atoms with van der Waals surface area (Å²) in [4.78, 5) is 22.1. The van der Waals surface area contributed by atoms with Gasteiger partial charge in [-0.15, -0.1) is 0 Å². The summed E-state index contributed by atoms with van der Waals surface area (Å²) in [6, 6.07) is 5.57. The molecule has 0 aliphatic heterocycles. The van der Waals surface area contributed by atoms with E-state index in [-0.39, 0.29) is 6.61 Å². The van der Waals surface area contributed by atoms with Gasteiger partial charge < -0.3 is 15.2 Å². The standard InChI is InChI=1S/C13H17NO4/c1-8-5-4-6-11(9(8)2)17-7-12(15)18-10(3)13(14)16/h4-6,10H,7H2,1-3H3,(H2,14,16)/t10-/m0/s1. The van der Waals surface area contributed by atoms with E-state index in [4.69, 9.17) is 15.2 Å². The van der Waals surface area contributed by atoms with Crippen molar-refractivity contribution in [2.45, 2.75) is 26.9 Å². The topological polar surface area (TPSA) is 78.6 Å². The Balaban J connectivity index is 2.53. The van der Waals surface area contributed by atoms with Crippen LogP contribution in [0, 0.1) is 13.8 Å². The van der Waals surface area contributed by atoms with Gasteiger partial charge in [0.25, 0.3) is 5.91 Å². The Hall–Kier alpha value is -2.04. The first-order valence-corrected chi connectivity index (χ1v) is 5.59. The molecule has 0 aromatic heterocycles. The summed E-state index contributed by atoms with van der Waals surface area (Å²) in [5.41, 5.74) is 7.02. The predicted molar refractivity (Wildman–Crippen MR) is 66.2 cm³/mol. The average Bonchev–Trinajstić information content (AvgIpc) is 2.31. The molecule has 98 valence electrons. The van der Waals surface area contributed by atoms with Crippen molar-refractivity contribution in [2.24, 2.45) is 5.73 Å². The molecule has 18 heavy (non-hydrogen) atoms. The van der Waals surface area contributed by atoms with Crippen molar-refractivity contribution < 1.29 is 19.1 Å². The van der Waals surface area contributed by atoms with Crippen LogP contribution in [0.25, 0.3) is 0 Å². The lowest BCUT2D eigenvalue weighted by molar-refractivity contribution is -0.155. The van der Waals surface area contributed by atoms with Gasteiger partial charge in [-0.1, -0.05) is 12.1 Å². The molecule has 0 heterocycles. The van der Waals surface area contributed by atoms with Crippen LogP contribution in [-0.2, 0) is 14.3 Å². The van der Waals surface area contributed by atoms with E-state index >= 15 is 0 Å². The lowest BCUT2D eigenvalue weighted by atomic mass is 10.1. The van der Waals surface area contributed by atoms with Crippen molar-refractivity contribution in [1.82, 2.24) is 0 Å². The average molecular weight is 251 g/mol. The molecule has 0 saturated carbocycles. The number of rotatable bonds is 5. The Bertz CT molecular complexity index is 456. The minimum Gasteiger partial charge on any atom is -0.482 e. The van der Waals surface area contributed by atoms with Crippen molar-refractivity contribution in [2.75, 3.05) is 6.61 Å². The van der Waals surface area contributed by atoms with Crippen molar-refractivity contribution in [3.63, 3.8) is 0 Å². The highest BCUT2D eigenvalue weighted by Crippen LogP contribution is 2.20. The molecular weight excluding hydrogens is 234 g/mol. The summed E-state index contributed by atoms with van der Waals surface area (Å²) < 4.78 is 10.1. The molecule has 0 bridgehead atoms. The van der Waals surface area contributed by atoms with E-state index in [0.29, 0.717) is 5.75 Å². The van der Waals surface area contributed by atoms with Crippen molar-refractivity contribution >= 4 is 11.9 Å². The van der Waals surface area contributed by atoms with Crippen LogP contribution in [0.1, 0.15) is 18.1 Å². The number of hydrogen-bond donors (Lipinski definition) is 1. The van der Waals surface area contributed by atoms with Crippen molar-refractivity contribution in [1.29, 1.82) is 0 Å². The molecule has 0 radical (unpaired) electrons. The third kappa shape index (κ3) is 3.76. The number of esters is 1. The third-order valence-corrected chi connectivity index (χ3v) is 2.61. The largest absolute Gasteiger partial charge is 0.482 e. The zero-order valence-corrected chi connectivity index (χ0v) is 10.7. The van der Waals surface area contributed by atoms with Gasteiger partial charge in [0.15, 0.2) is 12.7 Å². The second kappa shape index (κ2) is 6.05. The number of hydrogen-bond acceptors (Lipinski definition) is 4. The van der Waals surface area contributed by atoms with Crippen molar-refractivity contribution in [3.05, 3.63) is 29.3 Å². The smallest absolute Gasteiger partial charge is 0.344 e. The SMILES string of the molecule is Cc1cccc(OCC(=O)O[C@@H](C)C(N)=O)c1C. The van der Waals surface area contributed by atoms with Crippen LogP contribution in [0.3, 0.4) is 0 Å². The quantitative estimate of drug-likeness (QED) is 0.795. The van der Waals surface area contributed by atoms with Gasteiger partial charge in [0.05, 0.1) is 0 Å².